The van der Waals surface area contributed by atoms with Gasteiger partial charge in [0.15, 0.2) is 5.82 Å². The molecule has 2 aromatic rings. The molecule has 0 spiro atoms. The van der Waals surface area contributed by atoms with Crippen molar-refractivity contribution in [2.24, 2.45) is 7.05 Å². The summed E-state index contributed by atoms with van der Waals surface area (Å²) in [5.41, 5.74) is -0.123. The Labute approximate surface area is 89.3 Å². The number of anilines is 1. The zero-order valence-electron chi connectivity index (χ0n) is 8.25. The molecule has 0 atom stereocenters. The Morgan fingerprint density at radius 1 is 1.56 bits per heavy atom. The van der Waals surface area contributed by atoms with Crippen LogP contribution in [-0.4, -0.2) is 31.1 Å². The van der Waals surface area contributed by atoms with Gasteiger partial charge in [0.2, 0.25) is 0 Å². The van der Waals surface area contributed by atoms with Crippen LogP contribution in [0.3, 0.4) is 0 Å². The normalized spacial score (nSPS) is 10.1. The zero-order chi connectivity index (χ0) is 11.5. The molecule has 1 amide bonds. The van der Waals surface area contributed by atoms with E-state index in [0.29, 0.717) is 0 Å². The monoisotopic (exact) mass is 222 g/mol. The van der Waals surface area contributed by atoms with Gasteiger partial charge in [0.1, 0.15) is 0 Å². The maximum atomic E-state index is 13.2. The quantitative estimate of drug-likeness (QED) is 0.772. The first-order valence-electron chi connectivity index (χ1n) is 4.31. The highest BCUT2D eigenvalue weighted by molar-refractivity contribution is 6.03. The number of hydrogen-bond acceptors (Lipinski definition) is 5. The summed E-state index contributed by atoms with van der Waals surface area (Å²) in [5.74, 6) is -1.33. The van der Waals surface area contributed by atoms with Crippen molar-refractivity contribution >= 4 is 11.9 Å². The molecule has 0 aliphatic heterocycles. The summed E-state index contributed by atoms with van der Waals surface area (Å²) in [6, 6.07) is 1.26. The minimum absolute atomic E-state index is 0.0173. The maximum Gasteiger partial charge on any atom is 0.270 e. The Morgan fingerprint density at radius 2 is 2.38 bits per heavy atom. The number of tetrazole rings is 1. The Kier molecular flexibility index (Phi) is 2.54. The fourth-order valence-electron chi connectivity index (χ4n) is 1.06. The number of nitrogens with zero attached hydrogens (tertiary/aromatic N) is 5. The molecule has 0 saturated carbocycles. The molecular formula is C8H7FN6O. The Balaban J connectivity index is 2.18. The van der Waals surface area contributed by atoms with Crippen LogP contribution in [0.25, 0.3) is 0 Å². The predicted octanol–water partition coefficient (Wildman–Crippen LogP) is -0.00350. The largest absolute Gasteiger partial charge is 0.288 e. The van der Waals surface area contributed by atoms with Crippen LogP contribution in [0.1, 0.15) is 10.4 Å². The number of nitrogens with one attached hydrogen (secondary N) is 1. The molecule has 82 valence electrons. The number of aromatic nitrogens is 5. The number of aryl methyl sites for hydroxylation is 1. The number of rotatable bonds is 2. The first kappa shape index (κ1) is 10.1. The third-order valence-corrected chi connectivity index (χ3v) is 1.75. The molecule has 16 heavy (non-hydrogen) atoms. The van der Waals surface area contributed by atoms with Crippen LogP contribution in [0.2, 0.25) is 0 Å². The number of carbonyl (C=O) groups excluding carboxylic acids is 1. The van der Waals surface area contributed by atoms with E-state index in [9.17, 15) is 9.18 Å². The number of hydrogen-bond donors (Lipinski definition) is 1. The van der Waals surface area contributed by atoms with Crippen LogP contribution in [0.4, 0.5) is 10.3 Å². The molecule has 0 saturated heterocycles. The fourth-order valence-corrected chi connectivity index (χ4v) is 1.06. The van der Waals surface area contributed by atoms with Crippen LogP contribution in [-0.2, 0) is 7.05 Å². The molecule has 8 heteroatoms. The van der Waals surface area contributed by atoms with Gasteiger partial charge in [-0.25, -0.2) is 4.39 Å². The Morgan fingerprint density at radius 3 is 3.00 bits per heavy atom. The minimum atomic E-state index is -0.705. The van der Waals surface area contributed by atoms with Gasteiger partial charge in [-0.05, 0) is 11.3 Å². The topological polar surface area (TPSA) is 85.6 Å². The van der Waals surface area contributed by atoms with Crippen LogP contribution in [0, 0.1) is 5.82 Å². The highest BCUT2D eigenvalue weighted by atomic mass is 19.1. The van der Waals surface area contributed by atoms with Crippen molar-refractivity contribution in [1.82, 2.24) is 25.2 Å². The third kappa shape index (κ3) is 2.00. The Hall–Kier alpha value is -2.38. The van der Waals surface area contributed by atoms with Gasteiger partial charge in [-0.3, -0.25) is 15.1 Å². The van der Waals surface area contributed by atoms with E-state index in [-0.39, 0.29) is 11.5 Å². The SMILES string of the molecule is Cn1nnc(NC(=O)c2ccncc2F)n1. The second-order valence-electron chi connectivity index (χ2n) is 2.91. The van der Waals surface area contributed by atoms with Gasteiger partial charge < -0.3 is 0 Å². The maximum absolute atomic E-state index is 13.2. The van der Waals surface area contributed by atoms with Gasteiger partial charge in [0.05, 0.1) is 18.8 Å². The van der Waals surface area contributed by atoms with E-state index in [0.717, 1.165) is 6.20 Å². The van der Waals surface area contributed by atoms with Gasteiger partial charge in [0, 0.05) is 6.20 Å². The number of carbonyl (C=O) groups is 1. The summed E-state index contributed by atoms with van der Waals surface area (Å²) in [4.78, 5) is 16.3. The molecule has 0 aliphatic carbocycles. The smallest absolute Gasteiger partial charge is 0.270 e. The van der Waals surface area contributed by atoms with Gasteiger partial charge >= 0.3 is 0 Å². The second-order valence-corrected chi connectivity index (χ2v) is 2.91. The minimum Gasteiger partial charge on any atom is -0.288 e. The molecule has 0 unspecified atom stereocenters. The van der Waals surface area contributed by atoms with E-state index < -0.39 is 11.7 Å². The predicted molar refractivity (Wildman–Crippen MR) is 50.9 cm³/mol. The van der Waals surface area contributed by atoms with Crippen LogP contribution >= 0.6 is 0 Å². The summed E-state index contributed by atoms with van der Waals surface area (Å²) >= 11 is 0. The van der Waals surface area contributed by atoms with Gasteiger partial charge in [-0.1, -0.05) is 5.10 Å². The first-order chi connectivity index (χ1) is 7.66. The summed E-state index contributed by atoms with van der Waals surface area (Å²) in [5, 5.41) is 13.1. The standard InChI is InChI=1S/C8H7FN6O/c1-15-13-8(12-14-15)11-7(16)5-2-3-10-4-6(5)9/h2-4H,1H3,(H,11,13,16). The van der Waals surface area contributed by atoms with E-state index >= 15 is 0 Å². The summed E-state index contributed by atoms with van der Waals surface area (Å²) in [6.07, 6.45) is 2.28. The van der Waals surface area contributed by atoms with Crippen molar-refractivity contribution in [3.63, 3.8) is 0 Å². The lowest BCUT2D eigenvalue weighted by atomic mass is 10.2. The van der Waals surface area contributed by atoms with Gasteiger partial charge in [-0.15, -0.1) is 5.10 Å². The highest BCUT2D eigenvalue weighted by Crippen LogP contribution is 2.06. The fraction of sp³-hybridized carbons (Fsp3) is 0.125. The zero-order valence-corrected chi connectivity index (χ0v) is 8.25. The molecule has 7 nitrogen and oxygen atoms in total. The third-order valence-electron chi connectivity index (χ3n) is 1.75. The molecule has 0 aromatic carbocycles. The van der Waals surface area contributed by atoms with E-state index in [1.54, 1.807) is 7.05 Å². The molecule has 2 rings (SSSR count). The van der Waals surface area contributed by atoms with E-state index in [2.05, 4.69) is 25.7 Å². The number of pyridine rings is 1. The van der Waals surface area contributed by atoms with Crippen molar-refractivity contribution in [2.75, 3.05) is 5.32 Å². The summed E-state index contributed by atoms with van der Waals surface area (Å²) in [6.45, 7) is 0. The molecule has 0 fully saturated rings. The molecule has 0 bridgehead atoms. The lowest BCUT2D eigenvalue weighted by Gasteiger charge is -2.00. The van der Waals surface area contributed by atoms with Gasteiger partial charge in [0.25, 0.3) is 11.9 Å². The lowest BCUT2D eigenvalue weighted by molar-refractivity contribution is 0.102. The van der Waals surface area contributed by atoms with Crippen LogP contribution < -0.4 is 5.32 Å². The average molecular weight is 222 g/mol. The molecule has 0 radical (unpaired) electrons. The second kappa shape index (κ2) is 4.01. The van der Waals surface area contributed by atoms with Crippen molar-refractivity contribution in [1.29, 1.82) is 0 Å². The molecule has 0 aliphatic rings. The van der Waals surface area contributed by atoms with Crippen LogP contribution in [0.15, 0.2) is 18.5 Å². The molecule has 2 aromatic heterocycles. The molecule has 2 heterocycles. The highest BCUT2D eigenvalue weighted by Gasteiger charge is 2.13. The van der Waals surface area contributed by atoms with Crippen molar-refractivity contribution in [3.8, 4) is 0 Å². The summed E-state index contributed by atoms with van der Waals surface area (Å²) < 4.78 is 13.2. The first-order valence-corrected chi connectivity index (χ1v) is 4.31. The number of halogens is 1. The summed E-state index contributed by atoms with van der Waals surface area (Å²) in [7, 11) is 1.55. The van der Waals surface area contributed by atoms with Crippen molar-refractivity contribution in [2.45, 2.75) is 0 Å². The number of amides is 1. The van der Waals surface area contributed by atoms with Gasteiger partial charge in [-0.2, -0.15) is 4.80 Å². The lowest BCUT2D eigenvalue weighted by Crippen LogP contribution is -2.15. The average Bonchev–Trinajstić information content (AvgIpc) is 2.64. The molecular weight excluding hydrogens is 215 g/mol. The Bertz CT molecular complexity index is 525. The van der Waals surface area contributed by atoms with Crippen LogP contribution in [0.5, 0.6) is 0 Å². The van der Waals surface area contributed by atoms with E-state index in [4.69, 9.17) is 0 Å². The van der Waals surface area contributed by atoms with Crippen molar-refractivity contribution in [3.05, 3.63) is 29.8 Å². The van der Waals surface area contributed by atoms with E-state index in [1.165, 1.54) is 17.1 Å². The van der Waals surface area contributed by atoms with E-state index in [1.807, 2.05) is 0 Å². The molecule has 1 N–H and O–H groups in total. The van der Waals surface area contributed by atoms with Crippen molar-refractivity contribution < 1.29 is 9.18 Å².